The summed E-state index contributed by atoms with van der Waals surface area (Å²) in [4.78, 5) is 0. The van der Waals surface area contributed by atoms with Crippen molar-refractivity contribution in [3.05, 3.63) is 120 Å². The number of unbranched alkanes of at least 4 members (excludes halogenated alkanes) is 3. The lowest BCUT2D eigenvalue weighted by Gasteiger charge is -2.09. The number of rotatable bonds is 11. The fraction of sp³-hybridized carbons (Fsp3) is 0.200. The van der Waals surface area contributed by atoms with Crippen molar-refractivity contribution in [1.82, 2.24) is 0 Å². The Balaban J connectivity index is 1.15. The first-order chi connectivity index (χ1) is 16.7. The number of hydrogen-bond acceptors (Lipinski definition) is 2. The Bertz CT molecular complexity index is 1020. The Morgan fingerprint density at radius 3 is 1.06 bits per heavy atom. The maximum absolute atomic E-state index is 10.5. The molecule has 0 saturated carbocycles. The summed E-state index contributed by atoms with van der Waals surface area (Å²) < 4.78 is 0. The average molecular weight is 446 g/mol. The van der Waals surface area contributed by atoms with E-state index in [2.05, 4.69) is 24.3 Å². The Hall–Kier alpha value is -3.07. The topological polar surface area (TPSA) is 40.5 Å². The number of aryl methyl sites for hydroxylation is 2. The molecule has 0 aliphatic carbocycles. The molecule has 0 aliphatic heterocycles. The normalized spacial score (nSPS) is 10.8. The highest BCUT2D eigenvalue weighted by Gasteiger charge is 2.17. The molecule has 0 amide bonds. The van der Waals surface area contributed by atoms with Gasteiger partial charge in [0.25, 0.3) is 0 Å². The van der Waals surface area contributed by atoms with E-state index in [1.54, 1.807) is 0 Å². The van der Waals surface area contributed by atoms with E-state index in [0.29, 0.717) is 0 Å². The molecule has 34 heavy (non-hydrogen) atoms. The standard InChI is InChI=1S/C30H32B2O2/c33-31(27-13-7-3-8-14-27)29-21-17-25(18-22-29)11-5-1-2-6-12-26-19-23-30(24-20-26)32(34)28-15-9-4-10-16-28/h3-4,7-10,13-24,33-34H,1-2,5-6,11-12H2. The van der Waals surface area contributed by atoms with Gasteiger partial charge in [-0.15, -0.1) is 0 Å². The molecule has 0 unspecified atom stereocenters. The molecule has 4 rings (SSSR count). The van der Waals surface area contributed by atoms with Gasteiger partial charge < -0.3 is 10.0 Å². The van der Waals surface area contributed by atoms with Crippen LogP contribution in [0.4, 0.5) is 0 Å². The van der Waals surface area contributed by atoms with Crippen LogP contribution in [0.15, 0.2) is 109 Å². The molecule has 0 spiro atoms. The monoisotopic (exact) mass is 446 g/mol. The summed E-state index contributed by atoms with van der Waals surface area (Å²) in [7, 11) is 0. The van der Waals surface area contributed by atoms with Gasteiger partial charge in [-0.3, -0.25) is 0 Å². The van der Waals surface area contributed by atoms with E-state index in [4.69, 9.17) is 0 Å². The molecule has 0 bridgehead atoms. The lowest BCUT2D eigenvalue weighted by molar-refractivity contribution is 0.599. The van der Waals surface area contributed by atoms with Gasteiger partial charge in [0.2, 0.25) is 0 Å². The summed E-state index contributed by atoms with van der Waals surface area (Å²) in [6, 6.07) is 36.4. The second-order valence-electron chi connectivity index (χ2n) is 9.02. The predicted octanol–water partition coefficient (Wildman–Crippen LogP) is 3.23. The zero-order chi connectivity index (χ0) is 23.6. The predicted molar refractivity (Wildman–Crippen MR) is 146 cm³/mol. The average Bonchev–Trinajstić information content (AvgIpc) is 2.91. The largest absolute Gasteiger partial charge is 0.443 e. The molecule has 4 aromatic rings. The summed E-state index contributed by atoms with van der Waals surface area (Å²) in [6.07, 6.45) is 6.96. The lowest BCUT2D eigenvalue weighted by atomic mass is 9.56. The van der Waals surface area contributed by atoms with E-state index in [1.165, 1.54) is 36.8 Å². The fourth-order valence-corrected chi connectivity index (χ4v) is 4.40. The van der Waals surface area contributed by atoms with Crippen molar-refractivity contribution in [3.8, 4) is 0 Å². The Kier molecular flexibility index (Phi) is 8.78. The highest BCUT2D eigenvalue weighted by atomic mass is 16.2. The highest BCUT2D eigenvalue weighted by Crippen LogP contribution is 2.10. The third-order valence-electron chi connectivity index (χ3n) is 6.50. The summed E-state index contributed by atoms with van der Waals surface area (Å²) >= 11 is 0. The van der Waals surface area contributed by atoms with Crippen molar-refractivity contribution in [1.29, 1.82) is 0 Å². The first kappa shape index (κ1) is 24.1. The van der Waals surface area contributed by atoms with Crippen molar-refractivity contribution in [2.24, 2.45) is 0 Å². The van der Waals surface area contributed by atoms with Crippen LogP contribution in [0, 0.1) is 0 Å². The molecule has 0 aromatic heterocycles. The molecule has 4 heteroatoms. The Labute approximate surface area is 204 Å². The van der Waals surface area contributed by atoms with Crippen LogP contribution in [0.1, 0.15) is 36.8 Å². The first-order valence-corrected chi connectivity index (χ1v) is 12.3. The minimum Gasteiger partial charge on any atom is -0.443 e. The van der Waals surface area contributed by atoms with Gasteiger partial charge >= 0.3 is 13.8 Å². The molecule has 4 aromatic carbocycles. The van der Waals surface area contributed by atoms with E-state index in [1.807, 2.05) is 84.9 Å². The second kappa shape index (κ2) is 12.4. The van der Waals surface area contributed by atoms with Gasteiger partial charge in [-0.25, -0.2) is 0 Å². The van der Waals surface area contributed by atoms with E-state index in [-0.39, 0.29) is 0 Å². The summed E-state index contributed by atoms with van der Waals surface area (Å²) in [6.45, 7) is -1.13. The SMILES string of the molecule is OB(c1ccccc1)c1ccc(CCCCCCc2ccc(B(O)c3ccccc3)cc2)cc1. The first-order valence-electron chi connectivity index (χ1n) is 12.3. The molecular formula is C30H32B2O2. The number of hydrogen-bond donors (Lipinski definition) is 2. The zero-order valence-electron chi connectivity index (χ0n) is 19.7. The van der Waals surface area contributed by atoms with Gasteiger partial charge in [-0.1, -0.05) is 122 Å². The molecule has 0 atom stereocenters. The Morgan fingerprint density at radius 1 is 0.382 bits per heavy atom. The number of benzene rings is 4. The third-order valence-corrected chi connectivity index (χ3v) is 6.50. The van der Waals surface area contributed by atoms with Crippen LogP contribution in [0.5, 0.6) is 0 Å². The van der Waals surface area contributed by atoms with E-state index >= 15 is 0 Å². The van der Waals surface area contributed by atoms with Crippen molar-refractivity contribution in [2.75, 3.05) is 0 Å². The van der Waals surface area contributed by atoms with Crippen LogP contribution >= 0.6 is 0 Å². The van der Waals surface area contributed by atoms with E-state index < -0.39 is 13.8 Å². The summed E-state index contributed by atoms with van der Waals surface area (Å²) in [5.74, 6) is 0. The molecule has 0 saturated heterocycles. The summed E-state index contributed by atoms with van der Waals surface area (Å²) in [5.41, 5.74) is 6.40. The molecule has 0 fully saturated rings. The van der Waals surface area contributed by atoms with Crippen molar-refractivity contribution < 1.29 is 10.0 Å². The molecule has 2 N–H and O–H groups in total. The van der Waals surface area contributed by atoms with Gasteiger partial charge in [0.15, 0.2) is 0 Å². The van der Waals surface area contributed by atoms with Crippen LogP contribution in [-0.2, 0) is 12.8 Å². The van der Waals surface area contributed by atoms with E-state index in [0.717, 1.165) is 34.7 Å². The highest BCUT2D eigenvalue weighted by molar-refractivity contribution is 6.79. The lowest BCUT2D eigenvalue weighted by Crippen LogP contribution is -2.42. The quantitative estimate of drug-likeness (QED) is 0.275. The van der Waals surface area contributed by atoms with Gasteiger partial charge in [-0.05, 0) is 58.7 Å². The minimum absolute atomic E-state index is 0.564. The molecular weight excluding hydrogens is 414 g/mol. The molecule has 0 aliphatic rings. The molecule has 0 radical (unpaired) electrons. The van der Waals surface area contributed by atoms with Crippen LogP contribution in [0.25, 0.3) is 0 Å². The van der Waals surface area contributed by atoms with Gasteiger partial charge in [0.1, 0.15) is 0 Å². The van der Waals surface area contributed by atoms with Crippen LogP contribution < -0.4 is 21.9 Å². The van der Waals surface area contributed by atoms with Gasteiger partial charge in [0, 0.05) is 0 Å². The zero-order valence-corrected chi connectivity index (χ0v) is 19.7. The van der Waals surface area contributed by atoms with Crippen LogP contribution in [0.3, 0.4) is 0 Å². The van der Waals surface area contributed by atoms with Crippen molar-refractivity contribution in [2.45, 2.75) is 38.5 Å². The van der Waals surface area contributed by atoms with Crippen LogP contribution in [-0.4, -0.2) is 23.9 Å². The summed E-state index contributed by atoms with van der Waals surface area (Å²) in [5, 5.41) is 21.1. The van der Waals surface area contributed by atoms with Gasteiger partial charge in [0.05, 0.1) is 0 Å². The third kappa shape index (κ3) is 6.72. The smallest absolute Gasteiger partial charge is 0.358 e. The van der Waals surface area contributed by atoms with Crippen molar-refractivity contribution >= 4 is 35.7 Å². The molecule has 0 heterocycles. The molecule has 2 nitrogen and oxygen atoms in total. The maximum atomic E-state index is 10.5. The van der Waals surface area contributed by atoms with Crippen LogP contribution in [0.2, 0.25) is 0 Å². The van der Waals surface area contributed by atoms with Crippen molar-refractivity contribution in [3.63, 3.8) is 0 Å². The maximum Gasteiger partial charge on any atom is 0.358 e. The second-order valence-corrected chi connectivity index (χ2v) is 9.02. The fourth-order valence-electron chi connectivity index (χ4n) is 4.40. The van der Waals surface area contributed by atoms with Gasteiger partial charge in [-0.2, -0.15) is 0 Å². The minimum atomic E-state index is -0.564. The Morgan fingerprint density at radius 2 is 0.706 bits per heavy atom. The van der Waals surface area contributed by atoms with E-state index in [9.17, 15) is 10.0 Å². The molecule has 170 valence electrons.